The third-order valence-corrected chi connectivity index (χ3v) is 10.5. The summed E-state index contributed by atoms with van der Waals surface area (Å²) in [5.41, 5.74) is 3.42. The van der Waals surface area contributed by atoms with E-state index >= 15 is 0 Å². The quantitative estimate of drug-likeness (QED) is 0.341. The van der Waals surface area contributed by atoms with Gasteiger partial charge in [0.25, 0.3) is 5.91 Å². The number of nitrogens with one attached hydrogen (secondary N) is 1. The minimum absolute atomic E-state index is 0.00329. The number of para-hydroxylation sites is 1. The number of amides is 4. The van der Waals surface area contributed by atoms with Gasteiger partial charge in [-0.2, -0.15) is 0 Å². The molecule has 13 heteroatoms. The van der Waals surface area contributed by atoms with Crippen molar-refractivity contribution in [3.05, 3.63) is 53.6 Å². The Morgan fingerprint density at radius 1 is 0.938 bits per heavy atom. The van der Waals surface area contributed by atoms with E-state index in [0.29, 0.717) is 51.0 Å². The maximum absolute atomic E-state index is 14.0. The summed E-state index contributed by atoms with van der Waals surface area (Å²) in [5, 5.41) is 13.1. The molecule has 3 saturated heterocycles. The molecule has 0 unspecified atom stereocenters. The molecule has 0 aliphatic carbocycles. The Morgan fingerprint density at radius 2 is 1.65 bits per heavy atom. The smallest absolute Gasteiger partial charge is 0.410 e. The van der Waals surface area contributed by atoms with Crippen molar-refractivity contribution in [2.45, 2.75) is 75.6 Å². The maximum Gasteiger partial charge on any atom is 0.410 e. The number of carbonyl (C=O) groups excluding carboxylic acids is 4. The molecule has 48 heavy (non-hydrogen) atoms. The molecule has 256 valence electrons. The van der Waals surface area contributed by atoms with Gasteiger partial charge < -0.3 is 34.6 Å². The first-order valence-electron chi connectivity index (χ1n) is 17.2. The number of rotatable bonds is 7. The zero-order chi connectivity index (χ0) is 33.8. The van der Waals surface area contributed by atoms with E-state index in [2.05, 4.69) is 10.2 Å². The molecule has 2 aromatic carbocycles. The molecule has 4 amide bonds. The maximum atomic E-state index is 14.0. The summed E-state index contributed by atoms with van der Waals surface area (Å²) in [6.07, 6.45) is 3.79. The lowest BCUT2D eigenvalue weighted by Gasteiger charge is -2.40. The van der Waals surface area contributed by atoms with E-state index in [1.54, 1.807) is 29.8 Å². The lowest BCUT2D eigenvalue weighted by atomic mass is 9.91. The van der Waals surface area contributed by atoms with E-state index in [0.717, 1.165) is 55.5 Å². The summed E-state index contributed by atoms with van der Waals surface area (Å²) in [6.45, 7) is 3.29. The highest BCUT2D eigenvalue weighted by Gasteiger charge is 2.40. The number of fused-ring (bicyclic) bond motifs is 1. The molecule has 4 heterocycles. The number of nitrogens with zero attached hydrogens (tertiary/aromatic N) is 4. The minimum atomic E-state index is -1.03. The van der Waals surface area contributed by atoms with E-state index in [1.807, 2.05) is 35.2 Å². The zero-order valence-corrected chi connectivity index (χ0v) is 27.9. The topological polar surface area (TPSA) is 132 Å². The fourth-order valence-corrected chi connectivity index (χ4v) is 7.77. The van der Waals surface area contributed by atoms with Crippen LogP contribution in [0.2, 0.25) is 0 Å². The molecule has 0 bridgehead atoms. The monoisotopic (exact) mass is 659 g/mol. The van der Waals surface area contributed by atoms with Gasteiger partial charge in [0.2, 0.25) is 0 Å². The number of esters is 1. The molecule has 0 spiro atoms. The highest BCUT2D eigenvalue weighted by Crippen LogP contribution is 2.28. The van der Waals surface area contributed by atoms with Crippen LogP contribution in [0.15, 0.2) is 42.5 Å². The number of anilines is 1. The number of hydrogen-bond acceptors (Lipinski definition) is 8. The predicted octanol–water partition coefficient (Wildman–Crippen LogP) is 1.88. The van der Waals surface area contributed by atoms with Gasteiger partial charge >= 0.3 is 18.1 Å². The van der Waals surface area contributed by atoms with Crippen LogP contribution in [-0.2, 0) is 31.9 Å². The van der Waals surface area contributed by atoms with Gasteiger partial charge in [0, 0.05) is 56.9 Å². The number of piperidine rings is 2. The van der Waals surface area contributed by atoms with E-state index in [4.69, 9.17) is 9.47 Å². The average Bonchev–Trinajstić information content (AvgIpc) is 3.53. The Hall–Kier alpha value is -4.26. The van der Waals surface area contributed by atoms with Crippen molar-refractivity contribution in [1.82, 2.24) is 19.6 Å². The molecule has 2 aromatic rings. The van der Waals surface area contributed by atoms with Gasteiger partial charge in [-0.3, -0.25) is 14.5 Å². The summed E-state index contributed by atoms with van der Waals surface area (Å²) >= 11 is 0. The Labute approximate surface area is 282 Å². The molecule has 4 aliphatic heterocycles. The van der Waals surface area contributed by atoms with E-state index in [1.165, 1.54) is 7.11 Å². The Kier molecular flexibility index (Phi) is 10.4. The fourth-order valence-electron chi connectivity index (χ4n) is 7.77. The van der Waals surface area contributed by atoms with Gasteiger partial charge in [-0.15, -0.1) is 0 Å². The first-order valence-corrected chi connectivity index (χ1v) is 17.2. The number of phenolic OH excluding ortho intramolecular Hbond substituents is 1. The number of aromatic hydroxyl groups is 1. The normalized spacial score (nSPS) is 21.6. The zero-order valence-electron chi connectivity index (χ0n) is 27.9. The second-order valence-corrected chi connectivity index (χ2v) is 13.4. The number of likely N-dealkylation sites (tertiary alicyclic amines) is 3. The molecular weight excluding hydrogens is 613 g/mol. The predicted molar refractivity (Wildman–Crippen MR) is 182 cm³/mol. The number of methoxy groups -OCH3 is 1. The SMILES string of the molecule is Bc1cc(C[C@@H](OC(=O)N2CCC(N3CCc4ccccc4NC3=O)CC2)C(=O)N2CCC(N3CCC[C@H]3C(=O)OC)CC2)ccc1O. The van der Waals surface area contributed by atoms with Gasteiger partial charge in [0.1, 0.15) is 19.6 Å². The second kappa shape index (κ2) is 14.9. The summed E-state index contributed by atoms with van der Waals surface area (Å²) in [7, 11) is 3.21. The van der Waals surface area contributed by atoms with E-state index in [-0.39, 0.29) is 48.2 Å². The minimum Gasteiger partial charge on any atom is -0.509 e. The van der Waals surface area contributed by atoms with Crippen LogP contribution in [0.25, 0.3) is 0 Å². The van der Waals surface area contributed by atoms with Crippen LogP contribution in [0, 0.1) is 0 Å². The molecule has 0 radical (unpaired) electrons. The third kappa shape index (κ3) is 7.40. The van der Waals surface area contributed by atoms with Crippen molar-refractivity contribution in [2.75, 3.05) is 51.7 Å². The van der Waals surface area contributed by atoms with Crippen molar-refractivity contribution in [2.24, 2.45) is 0 Å². The van der Waals surface area contributed by atoms with E-state index < -0.39 is 12.2 Å². The van der Waals surface area contributed by atoms with Gasteiger partial charge in [-0.05, 0) is 80.2 Å². The first-order chi connectivity index (χ1) is 23.2. The summed E-state index contributed by atoms with van der Waals surface area (Å²) in [4.78, 5) is 60.4. The Morgan fingerprint density at radius 3 is 2.38 bits per heavy atom. The third-order valence-electron chi connectivity index (χ3n) is 10.5. The number of benzene rings is 2. The van der Waals surface area contributed by atoms with Crippen molar-refractivity contribution in [1.29, 1.82) is 0 Å². The molecule has 3 fully saturated rings. The first kappa shape index (κ1) is 33.6. The molecule has 0 aromatic heterocycles. The van der Waals surface area contributed by atoms with Crippen molar-refractivity contribution in [3.63, 3.8) is 0 Å². The lowest BCUT2D eigenvalue weighted by molar-refractivity contribution is -0.148. The van der Waals surface area contributed by atoms with Gasteiger partial charge in [0.15, 0.2) is 6.10 Å². The number of ether oxygens (including phenoxy) is 2. The molecule has 4 aliphatic rings. The Bertz CT molecular complexity index is 1510. The molecule has 12 nitrogen and oxygen atoms in total. The molecular formula is C35H46BN5O7. The second-order valence-electron chi connectivity index (χ2n) is 13.4. The molecule has 0 saturated carbocycles. The fraction of sp³-hybridized carbons (Fsp3) is 0.543. The summed E-state index contributed by atoms with van der Waals surface area (Å²) in [6, 6.07) is 12.8. The molecule has 2 N–H and O–H groups in total. The number of hydrogen-bond donors (Lipinski definition) is 2. The lowest BCUT2D eigenvalue weighted by Crippen LogP contribution is -2.53. The van der Waals surface area contributed by atoms with Crippen LogP contribution in [0.3, 0.4) is 0 Å². The van der Waals surface area contributed by atoms with E-state index in [9.17, 15) is 24.3 Å². The largest absolute Gasteiger partial charge is 0.509 e. The number of urea groups is 1. The molecule has 6 rings (SSSR count). The van der Waals surface area contributed by atoms with Crippen LogP contribution < -0.4 is 10.8 Å². The molecule has 2 atom stereocenters. The highest BCUT2D eigenvalue weighted by atomic mass is 16.6. The number of carbonyl (C=O) groups is 4. The van der Waals surface area contributed by atoms with Crippen molar-refractivity contribution in [3.8, 4) is 5.75 Å². The highest BCUT2D eigenvalue weighted by molar-refractivity contribution is 6.34. The van der Waals surface area contributed by atoms with Crippen LogP contribution >= 0.6 is 0 Å². The van der Waals surface area contributed by atoms with Crippen LogP contribution in [-0.4, -0.2) is 127 Å². The van der Waals surface area contributed by atoms with Gasteiger partial charge in [-0.1, -0.05) is 30.3 Å². The number of phenols is 1. The Balaban J connectivity index is 1.08. The standard InChI is InChI=1S/C35H46BN5O7/c1-47-33(44)29-7-4-15-40(29)25-11-16-38(17-12-25)32(43)31(22-23-8-9-30(42)27(36)21-23)48-35(46)39-18-13-26(14-19-39)41-20-10-24-5-2-3-6-28(24)37-34(41)45/h2-3,5-6,8-9,21,25-26,29,31,42H,4,7,10-20,22,36H2,1H3,(H,37,45)/t29-,31+/m0/s1. The van der Waals surface area contributed by atoms with Crippen LogP contribution in [0.1, 0.15) is 49.7 Å². The summed E-state index contributed by atoms with van der Waals surface area (Å²) in [5.74, 6) is -0.279. The van der Waals surface area contributed by atoms with Crippen molar-refractivity contribution >= 4 is 43.0 Å². The van der Waals surface area contributed by atoms with Crippen LogP contribution in [0.4, 0.5) is 15.3 Å². The van der Waals surface area contributed by atoms with Gasteiger partial charge in [0.05, 0.1) is 7.11 Å². The van der Waals surface area contributed by atoms with Gasteiger partial charge in [-0.25, -0.2) is 9.59 Å². The van der Waals surface area contributed by atoms with Crippen molar-refractivity contribution < 1.29 is 33.8 Å². The average molecular weight is 660 g/mol. The van der Waals surface area contributed by atoms with Crippen LogP contribution in [0.5, 0.6) is 5.75 Å². The summed E-state index contributed by atoms with van der Waals surface area (Å²) < 4.78 is 11.0.